The van der Waals surface area contributed by atoms with Gasteiger partial charge in [-0.05, 0) is 131 Å². The normalized spacial score (nSPS) is 10.8. The van der Waals surface area contributed by atoms with E-state index in [0.717, 1.165) is 68.0 Å². The molecule has 2 aromatic heterocycles. The summed E-state index contributed by atoms with van der Waals surface area (Å²) >= 11 is 0. The third-order valence-electron chi connectivity index (χ3n) is 7.15. The summed E-state index contributed by atoms with van der Waals surface area (Å²) in [7, 11) is 9.42. The summed E-state index contributed by atoms with van der Waals surface area (Å²) in [6.07, 6.45) is 0. The highest BCUT2D eigenvalue weighted by Crippen LogP contribution is 2.38. The van der Waals surface area contributed by atoms with Crippen molar-refractivity contribution in [3.8, 4) is 68.0 Å². The van der Waals surface area contributed by atoms with E-state index < -0.39 is 0 Å². The van der Waals surface area contributed by atoms with Gasteiger partial charge < -0.3 is 18.9 Å². The molecule has 0 aliphatic rings. The van der Waals surface area contributed by atoms with E-state index >= 15 is 0 Å². The molecule has 10 heteroatoms. The van der Waals surface area contributed by atoms with Gasteiger partial charge in [0.1, 0.15) is 23.0 Å². The highest BCUT2D eigenvalue weighted by atomic mass is 33.1. The molecule has 8 nitrogen and oxygen atoms in total. The van der Waals surface area contributed by atoms with Gasteiger partial charge in [0.15, 0.2) is 10.3 Å². The van der Waals surface area contributed by atoms with Crippen molar-refractivity contribution in [1.82, 2.24) is 19.9 Å². The minimum Gasteiger partial charge on any atom is -0.497 e. The van der Waals surface area contributed by atoms with Crippen molar-refractivity contribution in [3.63, 3.8) is 0 Å². The molecule has 6 aromatic rings. The van der Waals surface area contributed by atoms with Crippen LogP contribution in [0.25, 0.3) is 45.0 Å². The van der Waals surface area contributed by atoms with Crippen molar-refractivity contribution < 1.29 is 18.9 Å². The maximum absolute atomic E-state index is 5.36. The monoisotopic (exact) mass is 646 g/mol. The Kier molecular flexibility index (Phi) is 9.66. The van der Waals surface area contributed by atoms with E-state index in [2.05, 4.69) is 0 Å². The van der Waals surface area contributed by atoms with Crippen molar-refractivity contribution in [2.24, 2.45) is 0 Å². The standard InChI is InChI=1S/C36H30N4O4S2/c1-41-27-13-5-23(6-14-27)31-21-32(24-7-15-28(42-2)16-8-24)38-35(37-31)45-46-36-39-33(25-9-17-29(43-3)18-10-25)22-34(40-36)26-11-19-30(44-4)20-12-26/h5-22H,1-4H3. The molecule has 0 N–H and O–H groups in total. The predicted octanol–water partition coefficient (Wildman–Crippen LogP) is 8.77. The number of hydrogen-bond donors (Lipinski definition) is 0. The lowest BCUT2D eigenvalue weighted by atomic mass is 10.1. The Morgan fingerprint density at radius 1 is 0.348 bits per heavy atom. The molecular formula is C36H30N4O4S2. The van der Waals surface area contributed by atoms with Crippen LogP contribution in [-0.4, -0.2) is 48.4 Å². The van der Waals surface area contributed by atoms with Crippen LogP contribution in [0.3, 0.4) is 0 Å². The average Bonchev–Trinajstić information content (AvgIpc) is 3.14. The number of rotatable bonds is 11. The Labute approximate surface area is 275 Å². The van der Waals surface area contributed by atoms with Gasteiger partial charge in [-0.2, -0.15) is 0 Å². The third kappa shape index (κ3) is 7.25. The molecular weight excluding hydrogens is 617 g/mol. The first-order chi connectivity index (χ1) is 22.5. The first-order valence-electron chi connectivity index (χ1n) is 14.3. The summed E-state index contributed by atoms with van der Waals surface area (Å²) in [5.74, 6) is 3.11. The van der Waals surface area contributed by atoms with Crippen LogP contribution in [0.15, 0.2) is 120 Å². The second-order valence-electron chi connectivity index (χ2n) is 9.92. The molecule has 0 saturated carbocycles. The molecule has 0 spiro atoms. The van der Waals surface area contributed by atoms with E-state index in [9.17, 15) is 0 Å². The molecule has 4 aromatic carbocycles. The number of ether oxygens (including phenoxy) is 4. The third-order valence-corrected chi connectivity index (χ3v) is 9.04. The Bertz CT molecular complexity index is 1650. The molecule has 0 fully saturated rings. The molecule has 2 heterocycles. The zero-order valence-electron chi connectivity index (χ0n) is 25.6. The molecule has 0 aliphatic heterocycles. The largest absolute Gasteiger partial charge is 0.497 e. The molecule has 6 rings (SSSR count). The van der Waals surface area contributed by atoms with Gasteiger partial charge in [-0.15, -0.1) is 0 Å². The van der Waals surface area contributed by atoms with Gasteiger partial charge >= 0.3 is 0 Å². The summed E-state index contributed by atoms with van der Waals surface area (Å²) in [5.41, 5.74) is 6.95. The maximum Gasteiger partial charge on any atom is 0.199 e. The minimum atomic E-state index is 0.577. The Balaban J connectivity index is 1.37. The molecule has 0 radical (unpaired) electrons. The van der Waals surface area contributed by atoms with Crippen LogP contribution in [0.4, 0.5) is 0 Å². The first kappa shape index (κ1) is 30.9. The van der Waals surface area contributed by atoms with Gasteiger partial charge in [0, 0.05) is 22.3 Å². The van der Waals surface area contributed by atoms with Gasteiger partial charge in [-0.3, -0.25) is 0 Å². The summed E-state index contributed by atoms with van der Waals surface area (Å²) in [4.78, 5) is 19.7. The summed E-state index contributed by atoms with van der Waals surface area (Å²) in [5, 5.41) is 1.15. The highest BCUT2D eigenvalue weighted by Gasteiger charge is 2.14. The van der Waals surface area contributed by atoms with Crippen molar-refractivity contribution in [3.05, 3.63) is 109 Å². The van der Waals surface area contributed by atoms with E-state index in [-0.39, 0.29) is 0 Å². The number of hydrogen-bond acceptors (Lipinski definition) is 10. The van der Waals surface area contributed by atoms with Crippen LogP contribution in [0.5, 0.6) is 23.0 Å². The summed E-state index contributed by atoms with van der Waals surface area (Å²) in [6, 6.07) is 35.3. The van der Waals surface area contributed by atoms with Gasteiger partial charge in [0.05, 0.1) is 51.2 Å². The van der Waals surface area contributed by atoms with E-state index in [1.54, 1.807) is 28.4 Å². The zero-order valence-corrected chi connectivity index (χ0v) is 27.3. The Morgan fingerprint density at radius 2 is 0.565 bits per heavy atom. The van der Waals surface area contributed by atoms with Crippen LogP contribution >= 0.6 is 21.6 Å². The van der Waals surface area contributed by atoms with Crippen molar-refractivity contribution in [2.75, 3.05) is 28.4 Å². The predicted molar refractivity (Wildman–Crippen MR) is 184 cm³/mol. The summed E-state index contributed by atoms with van der Waals surface area (Å²) in [6.45, 7) is 0. The molecule has 0 aliphatic carbocycles. The van der Waals surface area contributed by atoms with E-state index in [4.69, 9.17) is 38.9 Å². The SMILES string of the molecule is COc1ccc(-c2cc(-c3ccc(OC)cc3)nc(SSc3nc(-c4ccc(OC)cc4)cc(-c4ccc(OC)cc4)n3)n2)cc1. The van der Waals surface area contributed by atoms with Gasteiger partial charge in [0.2, 0.25) is 0 Å². The Hall–Kier alpha value is -5.06. The van der Waals surface area contributed by atoms with Crippen LogP contribution in [0.2, 0.25) is 0 Å². The summed E-state index contributed by atoms with van der Waals surface area (Å²) < 4.78 is 21.4. The molecule has 0 bridgehead atoms. The quantitative estimate of drug-likeness (QED) is 0.101. The first-order valence-corrected chi connectivity index (χ1v) is 16.4. The molecule has 230 valence electrons. The lowest BCUT2D eigenvalue weighted by Gasteiger charge is -2.11. The average molecular weight is 647 g/mol. The lowest BCUT2D eigenvalue weighted by Crippen LogP contribution is -1.96. The molecule has 0 unspecified atom stereocenters. The van der Waals surface area contributed by atoms with Crippen molar-refractivity contribution in [2.45, 2.75) is 10.3 Å². The minimum absolute atomic E-state index is 0.577. The highest BCUT2D eigenvalue weighted by molar-refractivity contribution is 8.76. The topological polar surface area (TPSA) is 88.5 Å². The number of methoxy groups -OCH3 is 4. The van der Waals surface area contributed by atoms with Crippen LogP contribution in [0.1, 0.15) is 0 Å². The van der Waals surface area contributed by atoms with Gasteiger partial charge in [-0.25, -0.2) is 19.9 Å². The van der Waals surface area contributed by atoms with Crippen molar-refractivity contribution in [1.29, 1.82) is 0 Å². The lowest BCUT2D eigenvalue weighted by molar-refractivity contribution is 0.414. The molecule has 0 amide bonds. The molecule has 0 saturated heterocycles. The molecule has 0 atom stereocenters. The van der Waals surface area contributed by atoms with Gasteiger partial charge in [-0.1, -0.05) is 0 Å². The fourth-order valence-corrected chi connectivity index (χ4v) is 6.22. The second kappa shape index (κ2) is 14.4. The van der Waals surface area contributed by atoms with Crippen LogP contribution < -0.4 is 18.9 Å². The maximum atomic E-state index is 5.36. The number of aromatic nitrogens is 4. The molecule has 46 heavy (non-hydrogen) atoms. The number of benzene rings is 4. The smallest absolute Gasteiger partial charge is 0.199 e. The van der Waals surface area contributed by atoms with E-state index in [1.807, 2.05) is 109 Å². The van der Waals surface area contributed by atoms with Gasteiger partial charge in [0.25, 0.3) is 0 Å². The van der Waals surface area contributed by atoms with Crippen molar-refractivity contribution >= 4 is 21.6 Å². The number of nitrogens with zero attached hydrogens (tertiary/aromatic N) is 4. The van der Waals surface area contributed by atoms with E-state index in [0.29, 0.717) is 10.3 Å². The van der Waals surface area contributed by atoms with Crippen LogP contribution in [0, 0.1) is 0 Å². The van der Waals surface area contributed by atoms with Crippen LogP contribution in [-0.2, 0) is 0 Å². The second-order valence-corrected chi connectivity index (χ2v) is 12.0. The fourth-order valence-electron chi connectivity index (χ4n) is 4.64. The van der Waals surface area contributed by atoms with E-state index in [1.165, 1.54) is 21.6 Å². The fraction of sp³-hybridized carbons (Fsp3) is 0.111. The Morgan fingerprint density at radius 3 is 0.761 bits per heavy atom. The zero-order chi connectivity index (χ0) is 31.9.